The Morgan fingerprint density at radius 1 is 0.893 bits per heavy atom. The molecule has 6 nitrogen and oxygen atoms in total. The highest BCUT2D eigenvalue weighted by molar-refractivity contribution is 5.68. The van der Waals surface area contributed by atoms with E-state index >= 15 is 0 Å². The molecule has 0 spiro atoms. The number of hydrogen-bond acceptors (Lipinski definition) is 6. The predicted octanol–water partition coefficient (Wildman–Crippen LogP) is 5.34. The molecule has 0 amide bonds. The van der Waals surface area contributed by atoms with Gasteiger partial charge in [0.25, 0.3) is 0 Å². The van der Waals surface area contributed by atoms with E-state index < -0.39 is 0 Å². The molecule has 2 aromatic heterocycles. The van der Waals surface area contributed by atoms with Crippen LogP contribution >= 0.6 is 0 Å². The highest BCUT2D eigenvalue weighted by Gasteiger charge is 2.14. The third-order valence-corrected chi connectivity index (χ3v) is 4.29. The summed E-state index contributed by atoms with van der Waals surface area (Å²) in [6.07, 6.45) is 0. The van der Waals surface area contributed by atoms with Crippen molar-refractivity contribution in [2.45, 2.75) is 13.8 Å². The maximum atomic E-state index is 5.15. The average molecular weight is 371 g/mol. The highest BCUT2D eigenvalue weighted by Crippen LogP contribution is 2.28. The summed E-state index contributed by atoms with van der Waals surface area (Å²) < 4.78 is 5.15. The van der Waals surface area contributed by atoms with E-state index in [-0.39, 0.29) is 0 Å². The third-order valence-electron chi connectivity index (χ3n) is 4.29. The maximum Gasteiger partial charge on any atom is 0.232 e. The standard InChI is InChI=1S/C22H21N5O/c1-3-27(18-12-8-5-9-13-18)22-23-19(17-10-6-4-7-11-17)15-20(25-22)24-21-14-16(2)28-26-21/h4-15H,3H2,1-2H3,(H,23,24,25,26). The quantitative estimate of drug-likeness (QED) is 0.493. The molecule has 0 aliphatic heterocycles. The second kappa shape index (κ2) is 7.92. The molecule has 0 fully saturated rings. The summed E-state index contributed by atoms with van der Waals surface area (Å²) in [6, 6.07) is 23.9. The Morgan fingerprint density at radius 2 is 1.61 bits per heavy atom. The molecule has 0 saturated carbocycles. The molecule has 2 heterocycles. The van der Waals surface area contributed by atoms with E-state index in [1.54, 1.807) is 0 Å². The van der Waals surface area contributed by atoms with Crippen molar-refractivity contribution < 1.29 is 4.52 Å². The second-order valence-electron chi connectivity index (χ2n) is 6.33. The van der Waals surface area contributed by atoms with Crippen LogP contribution in [0.1, 0.15) is 12.7 Å². The first kappa shape index (κ1) is 17.7. The fourth-order valence-electron chi connectivity index (χ4n) is 2.98. The first-order valence-electron chi connectivity index (χ1n) is 9.20. The SMILES string of the molecule is CCN(c1ccccc1)c1nc(Nc2cc(C)on2)cc(-c2ccccc2)n1. The van der Waals surface area contributed by atoms with Crippen molar-refractivity contribution >= 4 is 23.3 Å². The molecular formula is C22H21N5O. The largest absolute Gasteiger partial charge is 0.360 e. The lowest BCUT2D eigenvalue weighted by Crippen LogP contribution is -2.19. The van der Waals surface area contributed by atoms with Crippen LogP contribution in [0.3, 0.4) is 0 Å². The lowest BCUT2D eigenvalue weighted by atomic mass is 10.1. The normalized spacial score (nSPS) is 10.6. The van der Waals surface area contributed by atoms with Gasteiger partial charge in [0, 0.05) is 29.9 Å². The molecule has 2 aromatic carbocycles. The molecule has 6 heteroatoms. The van der Waals surface area contributed by atoms with Crippen molar-refractivity contribution in [2.75, 3.05) is 16.8 Å². The van der Waals surface area contributed by atoms with Crippen LogP contribution in [0.5, 0.6) is 0 Å². The maximum absolute atomic E-state index is 5.15. The van der Waals surface area contributed by atoms with Gasteiger partial charge in [0.2, 0.25) is 5.95 Å². The lowest BCUT2D eigenvalue weighted by Gasteiger charge is -2.22. The van der Waals surface area contributed by atoms with Crippen molar-refractivity contribution in [3.05, 3.63) is 78.6 Å². The molecule has 0 aliphatic carbocycles. The van der Waals surface area contributed by atoms with Gasteiger partial charge in [0.15, 0.2) is 5.82 Å². The first-order valence-corrected chi connectivity index (χ1v) is 9.20. The van der Waals surface area contributed by atoms with E-state index in [1.165, 1.54) is 0 Å². The van der Waals surface area contributed by atoms with E-state index in [2.05, 4.69) is 34.4 Å². The molecule has 0 atom stereocenters. The Morgan fingerprint density at radius 3 is 2.25 bits per heavy atom. The second-order valence-corrected chi connectivity index (χ2v) is 6.33. The van der Waals surface area contributed by atoms with Crippen molar-refractivity contribution in [3.63, 3.8) is 0 Å². The fraction of sp³-hybridized carbons (Fsp3) is 0.136. The van der Waals surface area contributed by atoms with Crippen molar-refractivity contribution in [2.24, 2.45) is 0 Å². The molecule has 4 rings (SSSR count). The molecule has 0 unspecified atom stereocenters. The van der Waals surface area contributed by atoms with Gasteiger partial charge >= 0.3 is 0 Å². The van der Waals surface area contributed by atoms with Crippen LogP contribution < -0.4 is 10.2 Å². The third kappa shape index (κ3) is 3.86. The minimum atomic E-state index is 0.615. The van der Waals surface area contributed by atoms with Gasteiger partial charge < -0.3 is 14.7 Å². The number of hydrogen-bond donors (Lipinski definition) is 1. The highest BCUT2D eigenvalue weighted by atomic mass is 16.5. The summed E-state index contributed by atoms with van der Waals surface area (Å²) in [6.45, 7) is 4.68. The van der Waals surface area contributed by atoms with Crippen LogP contribution in [0.25, 0.3) is 11.3 Å². The van der Waals surface area contributed by atoms with Gasteiger partial charge in [-0.3, -0.25) is 0 Å². The molecule has 1 N–H and O–H groups in total. The molecule has 0 bridgehead atoms. The van der Waals surface area contributed by atoms with Gasteiger partial charge in [-0.1, -0.05) is 53.7 Å². The van der Waals surface area contributed by atoms with Crippen molar-refractivity contribution in [1.82, 2.24) is 15.1 Å². The summed E-state index contributed by atoms with van der Waals surface area (Å²) in [5.74, 6) is 2.63. The van der Waals surface area contributed by atoms with E-state index in [9.17, 15) is 0 Å². The van der Waals surface area contributed by atoms with Gasteiger partial charge in [-0.25, -0.2) is 4.98 Å². The summed E-state index contributed by atoms with van der Waals surface area (Å²) in [7, 11) is 0. The molecule has 0 aliphatic rings. The van der Waals surface area contributed by atoms with Gasteiger partial charge in [-0.05, 0) is 26.0 Å². The smallest absolute Gasteiger partial charge is 0.232 e. The van der Waals surface area contributed by atoms with Crippen molar-refractivity contribution in [3.8, 4) is 11.3 Å². The van der Waals surface area contributed by atoms with Crippen LogP contribution in [0.2, 0.25) is 0 Å². The number of nitrogens with one attached hydrogen (secondary N) is 1. The van der Waals surface area contributed by atoms with E-state index in [0.717, 1.165) is 29.2 Å². The van der Waals surface area contributed by atoms with E-state index in [1.807, 2.05) is 67.6 Å². The Hall–Kier alpha value is -3.67. The Bertz CT molecular complexity index is 1050. The number of para-hydroxylation sites is 1. The lowest BCUT2D eigenvalue weighted by molar-refractivity contribution is 0.400. The van der Waals surface area contributed by atoms with Gasteiger partial charge in [-0.2, -0.15) is 4.98 Å². The molecule has 4 aromatic rings. The number of aromatic nitrogens is 3. The topological polar surface area (TPSA) is 67.1 Å². The first-order chi connectivity index (χ1) is 13.7. The molecule has 0 saturated heterocycles. The van der Waals surface area contributed by atoms with Gasteiger partial charge in [0.05, 0.1) is 5.69 Å². The molecule has 0 radical (unpaired) electrons. The zero-order valence-electron chi connectivity index (χ0n) is 15.8. The summed E-state index contributed by atoms with van der Waals surface area (Å²) >= 11 is 0. The number of aryl methyl sites for hydroxylation is 1. The predicted molar refractivity (Wildman–Crippen MR) is 111 cm³/mol. The van der Waals surface area contributed by atoms with Crippen molar-refractivity contribution in [1.29, 1.82) is 0 Å². The Kier molecular flexibility index (Phi) is 5.01. The minimum Gasteiger partial charge on any atom is -0.360 e. The number of rotatable bonds is 6. The van der Waals surface area contributed by atoms with Crippen LogP contribution in [0.15, 0.2) is 77.3 Å². The van der Waals surface area contributed by atoms with E-state index in [4.69, 9.17) is 14.5 Å². The van der Waals surface area contributed by atoms with Crippen LogP contribution in [-0.2, 0) is 0 Å². The monoisotopic (exact) mass is 371 g/mol. The van der Waals surface area contributed by atoms with E-state index in [0.29, 0.717) is 17.6 Å². The zero-order chi connectivity index (χ0) is 19.3. The van der Waals surface area contributed by atoms with Crippen LogP contribution in [0.4, 0.5) is 23.3 Å². The Balaban J connectivity index is 1.79. The van der Waals surface area contributed by atoms with Crippen LogP contribution in [-0.4, -0.2) is 21.7 Å². The number of anilines is 4. The number of nitrogens with zero attached hydrogens (tertiary/aromatic N) is 4. The summed E-state index contributed by atoms with van der Waals surface area (Å²) in [4.78, 5) is 11.6. The summed E-state index contributed by atoms with van der Waals surface area (Å²) in [5.41, 5.74) is 2.90. The fourth-order valence-corrected chi connectivity index (χ4v) is 2.98. The zero-order valence-corrected chi connectivity index (χ0v) is 15.8. The average Bonchev–Trinajstić information content (AvgIpc) is 3.14. The molecule has 28 heavy (non-hydrogen) atoms. The van der Waals surface area contributed by atoms with Gasteiger partial charge in [0.1, 0.15) is 11.6 Å². The minimum absolute atomic E-state index is 0.615. The molecular weight excluding hydrogens is 350 g/mol. The Labute approximate surface area is 163 Å². The van der Waals surface area contributed by atoms with Crippen LogP contribution in [0, 0.1) is 6.92 Å². The summed E-state index contributed by atoms with van der Waals surface area (Å²) in [5, 5.41) is 7.23. The molecule has 140 valence electrons. The number of benzene rings is 2. The van der Waals surface area contributed by atoms with Gasteiger partial charge in [-0.15, -0.1) is 0 Å².